The Kier molecular flexibility index (Phi) is 4.36. The molecule has 2 aliphatic rings. The van der Waals surface area contributed by atoms with Gasteiger partial charge in [0.05, 0.1) is 0 Å². The molecule has 3 unspecified atom stereocenters. The van der Waals surface area contributed by atoms with Gasteiger partial charge in [0.15, 0.2) is 0 Å². The number of amides is 1. The molecule has 108 valence electrons. The van der Waals surface area contributed by atoms with Crippen LogP contribution in [0.5, 0.6) is 0 Å². The number of nitrogens with one attached hydrogen (secondary N) is 2. The third-order valence-corrected chi connectivity index (χ3v) is 4.72. The van der Waals surface area contributed by atoms with E-state index in [-0.39, 0.29) is 5.91 Å². The van der Waals surface area contributed by atoms with E-state index < -0.39 is 0 Å². The molecular formula is C17H24N2O. The Morgan fingerprint density at radius 1 is 1.15 bits per heavy atom. The number of rotatable bonds is 4. The monoisotopic (exact) mass is 272 g/mol. The van der Waals surface area contributed by atoms with Crippen LogP contribution in [0.25, 0.3) is 0 Å². The van der Waals surface area contributed by atoms with Gasteiger partial charge in [-0.2, -0.15) is 0 Å². The van der Waals surface area contributed by atoms with Gasteiger partial charge in [0.25, 0.3) is 0 Å². The Balaban J connectivity index is 1.54. The van der Waals surface area contributed by atoms with Crippen LogP contribution in [0.15, 0.2) is 30.3 Å². The maximum absolute atomic E-state index is 11.2. The number of hydrogen-bond acceptors (Lipinski definition) is 2. The summed E-state index contributed by atoms with van der Waals surface area (Å²) >= 11 is 0. The Labute approximate surface area is 121 Å². The van der Waals surface area contributed by atoms with E-state index in [1.54, 1.807) is 0 Å². The lowest BCUT2D eigenvalue weighted by molar-refractivity contribution is -0.122. The van der Waals surface area contributed by atoms with Crippen molar-refractivity contribution in [2.24, 2.45) is 5.92 Å². The zero-order valence-corrected chi connectivity index (χ0v) is 12.0. The van der Waals surface area contributed by atoms with Crippen molar-refractivity contribution < 1.29 is 4.79 Å². The van der Waals surface area contributed by atoms with Crippen molar-refractivity contribution in [1.82, 2.24) is 10.6 Å². The number of piperidine rings is 1. The molecule has 3 atom stereocenters. The van der Waals surface area contributed by atoms with E-state index in [4.69, 9.17) is 0 Å². The van der Waals surface area contributed by atoms with Gasteiger partial charge in [0.1, 0.15) is 0 Å². The second-order valence-electron chi connectivity index (χ2n) is 6.19. The molecule has 3 rings (SSSR count). The summed E-state index contributed by atoms with van der Waals surface area (Å²) in [7, 11) is 0. The van der Waals surface area contributed by atoms with E-state index in [1.807, 2.05) is 0 Å². The smallest absolute Gasteiger partial charge is 0.220 e. The predicted molar refractivity (Wildman–Crippen MR) is 80.4 cm³/mol. The van der Waals surface area contributed by atoms with Gasteiger partial charge >= 0.3 is 0 Å². The van der Waals surface area contributed by atoms with E-state index in [0.717, 1.165) is 18.9 Å². The first-order valence-electron chi connectivity index (χ1n) is 7.88. The van der Waals surface area contributed by atoms with Gasteiger partial charge in [-0.05, 0) is 37.2 Å². The molecule has 0 aromatic heterocycles. The second-order valence-corrected chi connectivity index (χ2v) is 6.19. The van der Waals surface area contributed by atoms with Crippen LogP contribution in [0.1, 0.15) is 37.7 Å². The zero-order chi connectivity index (χ0) is 13.8. The molecule has 0 radical (unpaired) electrons. The van der Waals surface area contributed by atoms with E-state index in [2.05, 4.69) is 41.0 Å². The van der Waals surface area contributed by atoms with Crippen molar-refractivity contribution in [3.63, 3.8) is 0 Å². The fourth-order valence-electron chi connectivity index (χ4n) is 3.60. The highest BCUT2D eigenvalue weighted by atomic mass is 16.1. The summed E-state index contributed by atoms with van der Waals surface area (Å²) in [6, 6.07) is 11.9. The third-order valence-electron chi connectivity index (χ3n) is 4.72. The molecule has 1 aromatic carbocycles. The molecule has 1 amide bonds. The maximum atomic E-state index is 11.2. The highest BCUT2D eigenvalue weighted by molar-refractivity contribution is 5.76. The van der Waals surface area contributed by atoms with Crippen molar-refractivity contribution in [2.75, 3.05) is 6.54 Å². The zero-order valence-electron chi connectivity index (χ0n) is 12.0. The average Bonchev–Trinajstić information content (AvgIpc) is 2.90. The molecule has 1 aliphatic carbocycles. The lowest BCUT2D eigenvalue weighted by atomic mass is 9.93. The highest BCUT2D eigenvalue weighted by Gasteiger charge is 2.30. The number of benzene rings is 1. The number of carbonyl (C=O) groups is 1. The van der Waals surface area contributed by atoms with Crippen LogP contribution in [-0.2, 0) is 11.2 Å². The fourth-order valence-corrected chi connectivity index (χ4v) is 3.60. The Bertz CT molecular complexity index is 436. The first-order valence-corrected chi connectivity index (χ1v) is 7.88. The van der Waals surface area contributed by atoms with Crippen molar-refractivity contribution in [2.45, 2.75) is 50.6 Å². The van der Waals surface area contributed by atoms with Crippen LogP contribution in [0.3, 0.4) is 0 Å². The van der Waals surface area contributed by atoms with Crippen LogP contribution < -0.4 is 10.6 Å². The molecule has 1 aliphatic heterocycles. The standard InChI is InChI=1S/C17H24N2O/c20-17-10-9-15(12-18-17)19-16-8-4-7-14(16)11-13-5-2-1-3-6-13/h1-3,5-6,14-16,19H,4,7-12H2,(H,18,20). The molecule has 0 spiro atoms. The first-order chi connectivity index (χ1) is 9.81. The molecule has 1 aromatic rings. The van der Waals surface area contributed by atoms with Gasteiger partial charge in [-0.15, -0.1) is 0 Å². The van der Waals surface area contributed by atoms with E-state index >= 15 is 0 Å². The number of carbonyl (C=O) groups excluding carboxylic acids is 1. The maximum Gasteiger partial charge on any atom is 0.220 e. The highest BCUT2D eigenvalue weighted by Crippen LogP contribution is 2.29. The Hall–Kier alpha value is -1.35. The van der Waals surface area contributed by atoms with Crippen molar-refractivity contribution in [3.05, 3.63) is 35.9 Å². The normalized spacial score (nSPS) is 30.2. The largest absolute Gasteiger partial charge is 0.355 e. The molecule has 3 nitrogen and oxygen atoms in total. The summed E-state index contributed by atoms with van der Waals surface area (Å²) < 4.78 is 0. The average molecular weight is 272 g/mol. The Morgan fingerprint density at radius 3 is 2.75 bits per heavy atom. The summed E-state index contributed by atoms with van der Waals surface area (Å²) in [5, 5.41) is 6.76. The lowest BCUT2D eigenvalue weighted by Crippen LogP contribution is -2.50. The van der Waals surface area contributed by atoms with Crippen LogP contribution in [0.2, 0.25) is 0 Å². The minimum Gasteiger partial charge on any atom is -0.355 e. The molecule has 1 saturated carbocycles. The molecule has 3 heteroatoms. The lowest BCUT2D eigenvalue weighted by Gasteiger charge is -2.30. The quantitative estimate of drug-likeness (QED) is 0.883. The number of hydrogen-bond donors (Lipinski definition) is 2. The van der Waals surface area contributed by atoms with Crippen LogP contribution >= 0.6 is 0 Å². The molecule has 0 bridgehead atoms. The molecule has 20 heavy (non-hydrogen) atoms. The third kappa shape index (κ3) is 3.40. The molecule has 2 fully saturated rings. The topological polar surface area (TPSA) is 41.1 Å². The van der Waals surface area contributed by atoms with E-state index in [9.17, 15) is 4.79 Å². The van der Waals surface area contributed by atoms with Crippen molar-refractivity contribution >= 4 is 5.91 Å². The van der Waals surface area contributed by atoms with Crippen molar-refractivity contribution in [3.8, 4) is 0 Å². The Morgan fingerprint density at radius 2 is 2.00 bits per heavy atom. The molecule has 2 N–H and O–H groups in total. The van der Waals surface area contributed by atoms with Crippen molar-refractivity contribution in [1.29, 1.82) is 0 Å². The predicted octanol–water partition coefficient (Wildman–Crippen LogP) is 2.27. The first kappa shape index (κ1) is 13.6. The van der Waals surface area contributed by atoms with Gasteiger partial charge in [-0.3, -0.25) is 4.79 Å². The minimum atomic E-state index is 0.204. The minimum absolute atomic E-state index is 0.204. The second kappa shape index (κ2) is 6.40. The summed E-state index contributed by atoms with van der Waals surface area (Å²) in [5.74, 6) is 0.949. The van der Waals surface area contributed by atoms with E-state index in [0.29, 0.717) is 18.5 Å². The summed E-state index contributed by atoms with van der Waals surface area (Å²) in [6.07, 6.45) is 6.77. The molecular weight excluding hydrogens is 248 g/mol. The van der Waals surface area contributed by atoms with Crippen LogP contribution in [-0.4, -0.2) is 24.5 Å². The van der Waals surface area contributed by atoms with Crippen LogP contribution in [0.4, 0.5) is 0 Å². The SMILES string of the molecule is O=C1CCC(NC2CCCC2Cc2ccccc2)CN1. The van der Waals surface area contributed by atoms with Gasteiger partial charge in [0, 0.05) is 25.0 Å². The molecule has 1 heterocycles. The summed E-state index contributed by atoms with van der Waals surface area (Å²) in [4.78, 5) is 11.2. The summed E-state index contributed by atoms with van der Waals surface area (Å²) in [6.45, 7) is 0.799. The molecule has 1 saturated heterocycles. The van der Waals surface area contributed by atoms with Gasteiger partial charge in [-0.25, -0.2) is 0 Å². The van der Waals surface area contributed by atoms with E-state index in [1.165, 1.54) is 31.2 Å². The van der Waals surface area contributed by atoms with Gasteiger partial charge < -0.3 is 10.6 Å². The fraction of sp³-hybridized carbons (Fsp3) is 0.588. The van der Waals surface area contributed by atoms with Gasteiger partial charge in [-0.1, -0.05) is 36.8 Å². The van der Waals surface area contributed by atoms with Gasteiger partial charge in [0.2, 0.25) is 5.91 Å². The van der Waals surface area contributed by atoms with Crippen LogP contribution in [0, 0.1) is 5.92 Å². The summed E-state index contributed by atoms with van der Waals surface area (Å²) in [5.41, 5.74) is 1.45.